The second-order valence-corrected chi connectivity index (χ2v) is 16.4. The van der Waals surface area contributed by atoms with Gasteiger partial charge in [-0.25, -0.2) is 0 Å². The molecule has 0 unspecified atom stereocenters. The van der Waals surface area contributed by atoms with Gasteiger partial charge >= 0.3 is 7.12 Å². The van der Waals surface area contributed by atoms with Crippen LogP contribution < -0.4 is 22.7 Å². The molecule has 4 aromatic heterocycles. The maximum atomic E-state index is 11.5. The molecule has 0 radical (unpaired) electrons. The van der Waals surface area contributed by atoms with Crippen molar-refractivity contribution in [2.24, 2.45) is 17.2 Å². The van der Waals surface area contributed by atoms with E-state index in [-0.39, 0.29) is 0 Å². The van der Waals surface area contributed by atoms with E-state index >= 15 is 0 Å². The average Bonchev–Trinajstić information content (AvgIpc) is 4.03. The fourth-order valence-corrected chi connectivity index (χ4v) is 7.53. The van der Waals surface area contributed by atoms with E-state index in [4.69, 9.17) is 31.8 Å². The molecule has 59 heavy (non-hydrogen) atoms. The standard InChI is InChI=1S/C15H19BN2O3.C10H10N2O.C9H7BrN2O.C9H5BrN2/c1-14(2)15(3,4)21-16(20-14)11-6-5-10(13(17)19)12-9(11)7-8-18-12;1-6-2-3-8(10(11)13)9-7(6)4-5-12-9;10-7-2-1-6(9(11)13)8-5(7)3-4-12-8;10-8-2-1-6(5-11)9-7(8)3-4-12-9/h5-8,18H,1-4H3,(H2,17,19);2-5,12H,1H3,(H2,11,13);1-4,12H,(H2,11,13);1-4,12H. The number of fused-ring (bicyclic) bond motifs is 4. The van der Waals surface area contributed by atoms with Crippen LogP contribution in [0.1, 0.15) is 69.9 Å². The van der Waals surface area contributed by atoms with Crippen LogP contribution in [-0.4, -0.2) is 56.0 Å². The van der Waals surface area contributed by atoms with Crippen molar-refractivity contribution in [2.75, 3.05) is 0 Å². The van der Waals surface area contributed by atoms with E-state index in [2.05, 4.69) is 57.9 Å². The molecule has 1 aliphatic rings. The number of rotatable bonds is 4. The largest absolute Gasteiger partial charge is 0.495 e. The number of aromatic amines is 4. The number of nitrogens with two attached hydrogens (primary N) is 3. The van der Waals surface area contributed by atoms with Crippen molar-refractivity contribution in [3.05, 3.63) is 134 Å². The summed E-state index contributed by atoms with van der Waals surface area (Å²) in [6, 6.07) is 24.2. The molecule has 4 aromatic carbocycles. The van der Waals surface area contributed by atoms with E-state index in [0.717, 1.165) is 63.6 Å². The molecule has 1 saturated heterocycles. The van der Waals surface area contributed by atoms with Gasteiger partial charge in [-0.1, -0.05) is 44.0 Å². The molecule has 0 saturated carbocycles. The zero-order chi connectivity index (χ0) is 42.8. The minimum Gasteiger partial charge on any atom is -0.399 e. The number of carbonyl (C=O) groups excluding carboxylic acids is 3. The lowest BCUT2D eigenvalue weighted by molar-refractivity contribution is 0.00578. The van der Waals surface area contributed by atoms with Crippen LogP contribution in [0.25, 0.3) is 43.6 Å². The molecule has 1 aliphatic heterocycles. The van der Waals surface area contributed by atoms with Gasteiger partial charge in [0.05, 0.1) is 55.5 Å². The SMILES string of the molecule is CC1(C)OB(c2ccc(C(N)=O)c3[nH]ccc23)OC1(C)C.Cc1ccc(C(N)=O)c2[nH]ccc12.N#Cc1ccc(Br)c2cc[nH]c12.NC(=O)c1ccc(Br)c2cc[nH]c12. The Bertz CT molecular complexity index is 2810. The number of primary amides is 3. The first-order valence-electron chi connectivity index (χ1n) is 18.3. The van der Waals surface area contributed by atoms with E-state index in [1.165, 1.54) is 0 Å². The molecule has 0 atom stereocenters. The number of amides is 3. The quantitative estimate of drug-likeness (QED) is 0.0864. The number of nitriles is 1. The van der Waals surface area contributed by atoms with Gasteiger partial charge in [0.1, 0.15) is 6.07 Å². The first-order valence-corrected chi connectivity index (χ1v) is 19.9. The van der Waals surface area contributed by atoms with E-state index in [1.54, 1.807) is 36.7 Å². The molecule has 3 amide bonds. The number of nitrogens with one attached hydrogen (secondary N) is 4. The van der Waals surface area contributed by atoms with Gasteiger partial charge in [-0.2, -0.15) is 5.26 Å². The smallest absolute Gasteiger partial charge is 0.399 e. The zero-order valence-electron chi connectivity index (χ0n) is 32.8. The summed E-state index contributed by atoms with van der Waals surface area (Å²) in [6.07, 6.45) is 7.20. The van der Waals surface area contributed by atoms with Gasteiger partial charge in [0.2, 0.25) is 0 Å². The van der Waals surface area contributed by atoms with Crippen molar-refractivity contribution in [1.29, 1.82) is 5.26 Å². The Morgan fingerprint density at radius 2 is 0.966 bits per heavy atom. The van der Waals surface area contributed by atoms with Crippen LogP contribution in [0.2, 0.25) is 0 Å². The Balaban J connectivity index is 0.000000136. The summed E-state index contributed by atoms with van der Waals surface area (Å²) in [7, 11) is -0.463. The second kappa shape index (κ2) is 17.0. The first kappa shape index (κ1) is 42.5. The summed E-state index contributed by atoms with van der Waals surface area (Å²) in [5.74, 6) is -1.27. The van der Waals surface area contributed by atoms with Crippen LogP contribution in [0.3, 0.4) is 0 Å². The van der Waals surface area contributed by atoms with Gasteiger partial charge in [-0.15, -0.1) is 0 Å². The molecular weight excluding hydrogens is 879 g/mol. The summed E-state index contributed by atoms with van der Waals surface area (Å²) in [5.41, 5.74) is 22.5. The number of aromatic nitrogens is 4. The van der Waals surface area contributed by atoms with Crippen molar-refractivity contribution >= 4 is 106 Å². The maximum Gasteiger partial charge on any atom is 0.495 e. The third-order valence-corrected chi connectivity index (χ3v) is 11.8. The fraction of sp³-hybridized carbons (Fsp3) is 0.163. The van der Waals surface area contributed by atoms with E-state index in [0.29, 0.717) is 22.3 Å². The Kier molecular flexibility index (Phi) is 12.2. The number of hydrogen-bond donors (Lipinski definition) is 7. The van der Waals surface area contributed by atoms with Gasteiger partial charge in [-0.3, -0.25) is 14.4 Å². The lowest BCUT2D eigenvalue weighted by Crippen LogP contribution is -2.41. The predicted molar refractivity (Wildman–Crippen MR) is 239 cm³/mol. The minimum absolute atomic E-state index is 0.396. The average molecular weight is 920 g/mol. The Labute approximate surface area is 356 Å². The van der Waals surface area contributed by atoms with Crippen LogP contribution in [0.4, 0.5) is 0 Å². The highest BCUT2D eigenvalue weighted by atomic mass is 79.9. The number of benzene rings is 4. The monoisotopic (exact) mass is 918 g/mol. The first-order chi connectivity index (χ1) is 28.0. The van der Waals surface area contributed by atoms with Crippen molar-refractivity contribution in [2.45, 2.75) is 45.8 Å². The van der Waals surface area contributed by atoms with Gasteiger partial charge in [0.15, 0.2) is 0 Å². The molecule has 5 heterocycles. The molecule has 300 valence electrons. The molecule has 8 aromatic rings. The molecule has 0 spiro atoms. The van der Waals surface area contributed by atoms with Crippen LogP contribution >= 0.6 is 31.9 Å². The Hall–Kier alpha value is -6.12. The number of aryl methyl sites for hydroxylation is 1. The Morgan fingerprint density at radius 3 is 1.47 bits per heavy atom. The maximum absolute atomic E-state index is 11.5. The van der Waals surface area contributed by atoms with Crippen LogP contribution in [-0.2, 0) is 9.31 Å². The highest BCUT2D eigenvalue weighted by Crippen LogP contribution is 2.37. The normalized spacial score (nSPS) is 13.8. The number of carbonyl (C=O) groups is 3. The van der Waals surface area contributed by atoms with Crippen LogP contribution in [0.15, 0.2) is 107 Å². The third kappa shape index (κ3) is 8.55. The highest BCUT2D eigenvalue weighted by molar-refractivity contribution is 9.11. The summed E-state index contributed by atoms with van der Waals surface area (Å²) < 4.78 is 14.1. The molecule has 1 fully saturated rings. The van der Waals surface area contributed by atoms with Crippen LogP contribution in [0, 0.1) is 18.3 Å². The lowest BCUT2D eigenvalue weighted by atomic mass is 9.76. The zero-order valence-corrected chi connectivity index (χ0v) is 36.0. The predicted octanol–water partition coefficient (Wildman–Crippen LogP) is 7.97. The van der Waals surface area contributed by atoms with Crippen LogP contribution in [0.5, 0.6) is 0 Å². The second-order valence-electron chi connectivity index (χ2n) is 14.7. The van der Waals surface area contributed by atoms with Gasteiger partial charge < -0.3 is 46.4 Å². The topological polar surface area (TPSA) is 235 Å². The van der Waals surface area contributed by atoms with Crippen molar-refractivity contribution in [1.82, 2.24) is 19.9 Å². The summed E-state index contributed by atoms with van der Waals surface area (Å²) in [5, 5.41) is 12.7. The summed E-state index contributed by atoms with van der Waals surface area (Å²) in [6.45, 7) is 10.1. The van der Waals surface area contributed by atoms with Crippen molar-refractivity contribution in [3.63, 3.8) is 0 Å². The van der Waals surface area contributed by atoms with Gasteiger partial charge in [0, 0.05) is 49.9 Å². The van der Waals surface area contributed by atoms with E-state index in [1.807, 2.05) is 95.5 Å². The van der Waals surface area contributed by atoms with Gasteiger partial charge in [-0.05, 0) is 112 Å². The van der Waals surface area contributed by atoms with Gasteiger partial charge in [0.25, 0.3) is 17.7 Å². The molecule has 0 aliphatic carbocycles. The van der Waals surface area contributed by atoms with Crippen molar-refractivity contribution < 1.29 is 23.7 Å². The number of nitrogens with zero attached hydrogens (tertiary/aromatic N) is 1. The summed E-state index contributed by atoms with van der Waals surface area (Å²) >= 11 is 6.80. The van der Waals surface area contributed by atoms with E-state index < -0.39 is 36.0 Å². The third-order valence-electron chi connectivity index (χ3n) is 10.5. The Morgan fingerprint density at radius 1 is 0.576 bits per heavy atom. The highest BCUT2D eigenvalue weighted by Gasteiger charge is 2.52. The van der Waals surface area contributed by atoms with E-state index in [9.17, 15) is 14.4 Å². The van der Waals surface area contributed by atoms with Crippen molar-refractivity contribution in [3.8, 4) is 6.07 Å². The fourth-order valence-electron chi connectivity index (χ4n) is 6.61. The molecule has 0 bridgehead atoms. The summed E-state index contributed by atoms with van der Waals surface area (Å²) in [4.78, 5) is 45.6. The molecule has 16 heteroatoms. The number of hydrogen-bond acceptors (Lipinski definition) is 6. The molecule has 10 N–H and O–H groups in total. The minimum atomic E-state index is -0.463. The molecule has 9 rings (SSSR count). The molecular formula is C43H41BBr2N8O5. The number of halogens is 2. The number of H-pyrrole nitrogens is 4. The molecule has 13 nitrogen and oxygen atoms in total. The lowest BCUT2D eigenvalue weighted by Gasteiger charge is -2.32.